The lowest BCUT2D eigenvalue weighted by atomic mass is 10.3. The fraction of sp³-hybridized carbons (Fsp3) is 0.455. The first-order valence-corrected chi connectivity index (χ1v) is 5.21. The number of aromatic nitrogens is 1. The van der Waals surface area contributed by atoms with E-state index in [1.54, 1.807) is 6.20 Å². The molecule has 2 rings (SSSR count). The van der Waals surface area contributed by atoms with Crippen molar-refractivity contribution in [1.82, 2.24) is 4.98 Å². The summed E-state index contributed by atoms with van der Waals surface area (Å²) in [6, 6.07) is 3.99. The summed E-state index contributed by atoms with van der Waals surface area (Å²) in [5, 5.41) is 0. The van der Waals surface area contributed by atoms with Crippen LogP contribution in [0.1, 0.15) is 12.5 Å². The standard InChI is InChI=1S/C11H14N2O2/c1-2-15-11(14)10-8-13(10)7-9-4-3-5-12-6-9/h3-6,10H,2,7-8H2,1H3/p+1/t10-,13?/m1/s1. The van der Waals surface area contributed by atoms with E-state index in [-0.39, 0.29) is 12.0 Å². The Morgan fingerprint density at radius 2 is 2.60 bits per heavy atom. The predicted molar refractivity (Wildman–Crippen MR) is 54.2 cm³/mol. The van der Waals surface area contributed by atoms with Crippen LogP contribution < -0.4 is 4.90 Å². The first-order chi connectivity index (χ1) is 7.31. The van der Waals surface area contributed by atoms with Gasteiger partial charge in [-0.1, -0.05) is 6.07 Å². The Morgan fingerprint density at radius 3 is 3.27 bits per heavy atom. The molecule has 0 aliphatic carbocycles. The third-order valence-electron chi connectivity index (χ3n) is 2.52. The van der Waals surface area contributed by atoms with Crippen molar-refractivity contribution in [3.63, 3.8) is 0 Å². The van der Waals surface area contributed by atoms with Gasteiger partial charge in [0.2, 0.25) is 6.04 Å². The van der Waals surface area contributed by atoms with Crippen LogP contribution in [0.3, 0.4) is 0 Å². The summed E-state index contributed by atoms with van der Waals surface area (Å²) >= 11 is 0. The number of quaternary nitrogens is 1. The maximum Gasteiger partial charge on any atom is 0.371 e. The van der Waals surface area contributed by atoms with E-state index in [0.717, 1.165) is 13.1 Å². The van der Waals surface area contributed by atoms with Gasteiger partial charge in [0.1, 0.15) is 13.1 Å². The number of hydrogen-bond donors (Lipinski definition) is 1. The molecule has 4 heteroatoms. The molecule has 1 unspecified atom stereocenters. The second kappa shape index (κ2) is 4.40. The van der Waals surface area contributed by atoms with Gasteiger partial charge in [0.25, 0.3) is 0 Å². The number of esters is 1. The predicted octanol–water partition coefficient (Wildman–Crippen LogP) is -0.588. The van der Waals surface area contributed by atoms with Crippen molar-refractivity contribution in [1.29, 1.82) is 0 Å². The van der Waals surface area contributed by atoms with Crippen molar-refractivity contribution in [2.45, 2.75) is 19.5 Å². The highest BCUT2D eigenvalue weighted by Crippen LogP contribution is 1.98. The highest BCUT2D eigenvalue weighted by Gasteiger charge is 2.47. The van der Waals surface area contributed by atoms with Crippen molar-refractivity contribution < 1.29 is 14.4 Å². The molecule has 0 saturated carbocycles. The van der Waals surface area contributed by atoms with E-state index in [1.807, 2.05) is 25.3 Å². The van der Waals surface area contributed by atoms with Gasteiger partial charge in [-0.15, -0.1) is 0 Å². The molecule has 1 aliphatic heterocycles. The summed E-state index contributed by atoms with van der Waals surface area (Å²) in [7, 11) is 0. The summed E-state index contributed by atoms with van der Waals surface area (Å²) < 4.78 is 4.96. The van der Waals surface area contributed by atoms with Crippen LogP contribution in [0.4, 0.5) is 0 Å². The Balaban J connectivity index is 1.83. The lowest BCUT2D eigenvalue weighted by Crippen LogP contribution is -2.93. The minimum absolute atomic E-state index is 0.0464. The second-order valence-corrected chi connectivity index (χ2v) is 3.71. The summed E-state index contributed by atoms with van der Waals surface area (Å²) in [4.78, 5) is 16.7. The number of nitrogens with one attached hydrogen (secondary N) is 1. The van der Waals surface area contributed by atoms with Crippen LogP contribution in [0.15, 0.2) is 24.5 Å². The SMILES string of the molecule is CCOC(=O)[C@H]1C[NH+]1Cc1cccnc1. The van der Waals surface area contributed by atoms with Crippen molar-refractivity contribution in [2.75, 3.05) is 13.2 Å². The third-order valence-corrected chi connectivity index (χ3v) is 2.52. The molecule has 80 valence electrons. The molecule has 0 aromatic carbocycles. The topological polar surface area (TPSA) is 43.6 Å². The molecule has 1 aromatic heterocycles. The summed E-state index contributed by atoms with van der Waals surface area (Å²) in [5.74, 6) is -0.0728. The van der Waals surface area contributed by atoms with E-state index in [4.69, 9.17) is 4.74 Å². The molecule has 0 spiro atoms. The molecule has 0 bridgehead atoms. The number of pyridine rings is 1. The molecule has 1 fully saturated rings. The summed E-state index contributed by atoms with van der Waals surface area (Å²) in [6.45, 7) is 4.04. The monoisotopic (exact) mass is 207 g/mol. The maximum absolute atomic E-state index is 11.3. The van der Waals surface area contributed by atoms with Crippen LogP contribution in [0.25, 0.3) is 0 Å². The highest BCUT2D eigenvalue weighted by molar-refractivity contribution is 5.76. The molecule has 4 nitrogen and oxygen atoms in total. The number of carbonyl (C=O) groups excluding carboxylic acids is 1. The van der Waals surface area contributed by atoms with Gasteiger partial charge in [0.15, 0.2) is 0 Å². The quantitative estimate of drug-likeness (QED) is 0.530. The molecule has 1 aromatic rings. The average molecular weight is 207 g/mol. The molecular weight excluding hydrogens is 192 g/mol. The normalized spacial score (nSPS) is 23.5. The van der Waals surface area contributed by atoms with Crippen LogP contribution in [0.5, 0.6) is 0 Å². The van der Waals surface area contributed by atoms with Gasteiger partial charge < -0.3 is 9.64 Å². The Kier molecular flexibility index (Phi) is 2.97. The van der Waals surface area contributed by atoms with E-state index < -0.39 is 0 Å². The molecule has 1 saturated heterocycles. The van der Waals surface area contributed by atoms with Crippen LogP contribution in [0.2, 0.25) is 0 Å². The number of ether oxygens (including phenoxy) is 1. The molecule has 15 heavy (non-hydrogen) atoms. The molecule has 1 aliphatic rings. The van der Waals surface area contributed by atoms with Gasteiger partial charge in [-0.05, 0) is 13.0 Å². The molecule has 0 amide bonds. The van der Waals surface area contributed by atoms with Crippen molar-refractivity contribution in [2.24, 2.45) is 0 Å². The Labute approximate surface area is 88.9 Å². The molecule has 1 N–H and O–H groups in total. The molecule has 2 atom stereocenters. The van der Waals surface area contributed by atoms with Gasteiger partial charge in [0.05, 0.1) is 6.61 Å². The zero-order valence-electron chi connectivity index (χ0n) is 8.77. The summed E-state index contributed by atoms with van der Waals surface area (Å²) in [6.07, 6.45) is 3.59. The highest BCUT2D eigenvalue weighted by atomic mass is 16.5. The second-order valence-electron chi connectivity index (χ2n) is 3.71. The van der Waals surface area contributed by atoms with Crippen LogP contribution in [0, 0.1) is 0 Å². The number of hydrogen-bond acceptors (Lipinski definition) is 3. The largest absolute Gasteiger partial charge is 0.461 e. The van der Waals surface area contributed by atoms with E-state index in [0.29, 0.717) is 6.61 Å². The fourth-order valence-corrected chi connectivity index (χ4v) is 1.66. The number of nitrogens with zero attached hydrogens (tertiary/aromatic N) is 1. The van der Waals surface area contributed by atoms with Gasteiger partial charge in [-0.25, -0.2) is 4.79 Å². The first kappa shape index (κ1) is 10.1. The van der Waals surface area contributed by atoms with Crippen LogP contribution in [-0.2, 0) is 16.1 Å². The zero-order chi connectivity index (χ0) is 10.7. The van der Waals surface area contributed by atoms with E-state index in [2.05, 4.69) is 4.98 Å². The van der Waals surface area contributed by atoms with E-state index >= 15 is 0 Å². The van der Waals surface area contributed by atoms with Crippen LogP contribution in [-0.4, -0.2) is 30.1 Å². The van der Waals surface area contributed by atoms with Gasteiger partial charge in [-0.2, -0.15) is 0 Å². The van der Waals surface area contributed by atoms with E-state index in [1.165, 1.54) is 10.5 Å². The number of carbonyl (C=O) groups is 1. The zero-order valence-corrected chi connectivity index (χ0v) is 8.77. The Bertz CT molecular complexity index is 340. The van der Waals surface area contributed by atoms with Crippen molar-refractivity contribution in [3.05, 3.63) is 30.1 Å². The third kappa shape index (κ3) is 2.53. The van der Waals surface area contributed by atoms with Crippen LogP contribution >= 0.6 is 0 Å². The Morgan fingerprint density at radius 1 is 1.73 bits per heavy atom. The minimum atomic E-state index is -0.0728. The lowest BCUT2D eigenvalue weighted by Gasteiger charge is -2.00. The minimum Gasteiger partial charge on any atom is -0.461 e. The maximum atomic E-state index is 11.3. The smallest absolute Gasteiger partial charge is 0.371 e. The van der Waals surface area contributed by atoms with Gasteiger partial charge >= 0.3 is 5.97 Å². The molecular formula is C11H15N2O2+. The van der Waals surface area contributed by atoms with Gasteiger partial charge in [-0.3, -0.25) is 4.98 Å². The van der Waals surface area contributed by atoms with Crippen molar-refractivity contribution >= 4 is 5.97 Å². The summed E-state index contributed by atoms with van der Waals surface area (Å²) in [5.41, 5.74) is 1.17. The lowest BCUT2D eigenvalue weighted by molar-refractivity contribution is -0.784. The average Bonchev–Trinajstić information content (AvgIpc) is 2.99. The Hall–Kier alpha value is -1.42. The molecule has 2 heterocycles. The first-order valence-electron chi connectivity index (χ1n) is 5.21. The van der Waals surface area contributed by atoms with E-state index in [9.17, 15) is 4.79 Å². The van der Waals surface area contributed by atoms with Gasteiger partial charge in [0, 0.05) is 18.0 Å². The number of rotatable bonds is 4. The fourth-order valence-electron chi connectivity index (χ4n) is 1.66. The van der Waals surface area contributed by atoms with Crippen molar-refractivity contribution in [3.8, 4) is 0 Å². The molecule has 0 radical (unpaired) electrons.